The Kier molecular flexibility index (Phi) is 5.99. The summed E-state index contributed by atoms with van der Waals surface area (Å²) in [5.74, 6) is 1.66. The molecule has 0 saturated heterocycles. The second-order valence-electron chi connectivity index (χ2n) is 5.28. The molecule has 0 aliphatic carbocycles. The average Bonchev–Trinajstić information content (AvgIpc) is 2.35. The number of hydrogen-bond acceptors (Lipinski definition) is 3. The lowest BCUT2D eigenvalue weighted by molar-refractivity contribution is 0.171. The van der Waals surface area contributed by atoms with Gasteiger partial charge in [-0.05, 0) is 25.6 Å². The van der Waals surface area contributed by atoms with Crippen LogP contribution < -0.4 is 14.8 Å². The molecule has 0 fully saturated rings. The van der Waals surface area contributed by atoms with Gasteiger partial charge in [0.2, 0.25) is 0 Å². The highest BCUT2D eigenvalue weighted by Crippen LogP contribution is 2.28. The van der Waals surface area contributed by atoms with E-state index in [0.29, 0.717) is 6.61 Å². The van der Waals surface area contributed by atoms with E-state index in [9.17, 15) is 0 Å². The normalized spacial score (nSPS) is 11.3. The minimum atomic E-state index is 0.104. The third-order valence-corrected chi connectivity index (χ3v) is 2.58. The van der Waals surface area contributed by atoms with Crippen molar-refractivity contribution in [2.75, 3.05) is 26.8 Å². The SMILES string of the molecule is CCCOc1ccccc1OCC(C)(C)CNC. The summed E-state index contributed by atoms with van der Waals surface area (Å²) in [7, 11) is 1.96. The second-order valence-corrected chi connectivity index (χ2v) is 5.28. The molecule has 3 nitrogen and oxygen atoms in total. The second kappa shape index (κ2) is 7.27. The maximum atomic E-state index is 5.89. The standard InChI is InChI=1S/C15H25NO2/c1-5-10-17-13-8-6-7-9-14(13)18-12-15(2,3)11-16-4/h6-9,16H,5,10-12H2,1-4H3. The average molecular weight is 251 g/mol. The third-order valence-electron chi connectivity index (χ3n) is 2.58. The van der Waals surface area contributed by atoms with Crippen LogP contribution in [0.15, 0.2) is 24.3 Å². The molecule has 0 unspecified atom stereocenters. The van der Waals surface area contributed by atoms with Crippen LogP contribution >= 0.6 is 0 Å². The Labute approximate surface area is 110 Å². The Bertz CT molecular complexity index is 350. The number of hydrogen-bond donors (Lipinski definition) is 1. The number of nitrogens with one attached hydrogen (secondary N) is 1. The van der Waals surface area contributed by atoms with Gasteiger partial charge < -0.3 is 14.8 Å². The van der Waals surface area contributed by atoms with Gasteiger partial charge in [-0.1, -0.05) is 32.9 Å². The molecular formula is C15H25NO2. The summed E-state index contributed by atoms with van der Waals surface area (Å²) in [4.78, 5) is 0. The van der Waals surface area contributed by atoms with Gasteiger partial charge in [0.25, 0.3) is 0 Å². The molecule has 0 bridgehead atoms. The first-order valence-corrected chi connectivity index (χ1v) is 6.58. The van der Waals surface area contributed by atoms with E-state index < -0.39 is 0 Å². The van der Waals surface area contributed by atoms with Gasteiger partial charge in [0.1, 0.15) is 0 Å². The van der Waals surface area contributed by atoms with Crippen LogP contribution in [0, 0.1) is 5.41 Å². The molecule has 0 saturated carbocycles. The first-order valence-electron chi connectivity index (χ1n) is 6.58. The molecule has 0 aromatic heterocycles. The van der Waals surface area contributed by atoms with E-state index in [0.717, 1.165) is 31.1 Å². The minimum Gasteiger partial charge on any atom is -0.490 e. The third kappa shape index (κ3) is 4.96. The Hall–Kier alpha value is -1.22. The van der Waals surface area contributed by atoms with E-state index in [1.54, 1.807) is 0 Å². The zero-order valence-electron chi connectivity index (χ0n) is 12.0. The summed E-state index contributed by atoms with van der Waals surface area (Å²) in [6.45, 7) is 8.77. The zero-order valence-corrected chi connectivity index (χ0v) is 12.0. The first-order chi connectivity index (χ1) is 8.59. The van der Waals surface area contributed by atoms with Crippen LogP contribution in [0.4, 0.5) is 0 Å². The van der Waals surface area contributed by atoms with Gasteiger partial charge in [-0.15, -0.1) is 0 Å². The minimum absolute atomic E-state index is 0.104. The molecule has 18 heavy (non-hydrogen) atoms. The van der Waals surface area contributed by atoms with E-state index in [4.69, 9.17) is 9.47 Å². The maximum Gasteiger partial charge on any atom is 0.161 e. The molecule has 3 heteroatoms. The quantitative estimate of drug-likeness (QED) is 0.770. The van der Waals surface area contributed by atoms with Crippen LogP contribution in [-0.2, 0) is 0 Å². The van der Waals surface area contributed by atoms with Crippen LogP contribution in [0.1, 0.15) is 27.2 Å². The summed E-state index contributed by atoms with van der Waals surface area (Å²) in [6.07, 6.45) is 1.000. The lowest BCUT2D eigenvalue weighted by Gasteiger charge is -2.24. The number of para-hydroxylation sites is 2. The maximum absolute atomic E-state index is 5.89. The van der Waals surface area contributed by atoms with Crippen molar-refractivity contribution >= 4 is 0 Å². The summed E-state index contributed by atoms with van der Waals surface area (Å²) in [5, 5.41) is 3.18. The van der Waals surface area contributed by atoms with Crippen molar-refractivity contribution in [1.29, 1.82) is 0 Å². The van der Waals surface area contributed by atoms with Gasteiger partial charge in [0.15, 0.2) is 11.5 Å². The van der Waals surface area contributed by atoms with E-state index in [2.05, 4.69) is 26.1 Å². The molecule has 1 N–H and O–H groups in total. The highest BCUT2D eigenvalue weighted by Gasteiger charge is 2.18. The van der Waals surface area contributed by atoms with E-state index in [1.807, 2.05) is 31.3 Å². The van der Waals surface area contributed by atoms with Crippen molar-refractivity contribution in [3.63, 3.8) is 0 Å². The Morgan fingerprint density at radius 1 is 1.11 bits per heavy atom. The summed E-state index contributed by atoms with van der Waals surface area (Å²) >= 11 is 0. The molecule has 102 valence electrons. The van der Waals surface area contributed by atoms with Crippen LogP contribution in [-0.4, -0.2) is 26.8 Å². The molecule has 0 amide bonds. The largest absolute Gasteiger partial charge is 0.490 e. The van der Waals surface area contributed by atoms with Crippen molar-refractivity contribution in [3.8, 4) is 11.5 Å². The Morgan fingerprint density at radius 3 is 2.28 bits per heavy atom. The van der Waals surface area contributed by atoms with Crippen LogP contribution in [0.5, 0.6) is 11.5 Å². The number of ether oxygens (including phenoxy) is 2. The fraction of sp³-hybridized carbons (Fsp3) is 0.600. The van der Waals surface area contributed by atoms with Gasteiger partial charge in [-0.25, -0.2) is 0 Å². The number of rotatable bonds is 8. The molecule has 0 radical (unpaired) electrons. The molecule has 0 aliphatic heterocycles. The van der Waals surface area contributed by atoms with Gasteiger partial charge in [-0.3, -0.25) is 0 Å². The van der Waals surface area contributed by atoms with Crippen molar-refractivity contribution in [1.82, 2.24) is 5.32 Å². The zero-order chi connectivity index (χ0) is 13.4. The van der Waals surface area contributed by atoms with Crippen LogP contribution in [0.25, 0.3) is 0 Å². The van der Waals surface area contributed by atoms with E-state index >= 15 is 0 Å². The van der Waals surface area contributed by atoms with Crippen molar-refractivity contribution in [3.05, 3.63) is 24.3 Å². The summed E-state index contributed by atoms with van der Waals surface area (Å²) in [5.41, 5.74) is 0.104. The van der Waals surface area contributed by atoms with Crippen molar-refractivity contribution in [2.24, 2.45) is 5.41 Å². The number of benzene rings is 1. The van der Waals surface area contributed by atoms with Crippen molar-refractivity contribution in [2.45, 2.75) is 27.2 Å². The molecule has 1 rings (SSSR count). The molecule has 0 aliphatic rings. The topological polar surface area (TPSA) is 30.5 Å². The van der Waals surface area contributed by atoms with E-state index in [1.165, 1.54) is 0 Å². The van der Waals surface area contributed by atoms with Crippen LogP contribution in [0.2, 0.25) is 0 Å². The highest BCUT2D eigenvalue weighted by atomic mass is 16.5. The monoisotopic (exact) mass is 251 g/mol. The Balaban J connectivity index is 2.60. The smallest absolute Gasteiger partial charge is 0.161 e. The molecule has 0 atom stereocenters. The lowest BCUT2D eigenvalue weighted by Crippen LogP contribution is -2.32. The molecular weight excluding hydrogens is 226 g/mol. The summed E-state index contributed by atoms with van der Waals surface area (Å²) < 4.78 is 11.6. The van der Waals surface area contributed by atoms with Gasteiger partial charge in [0.05, 0.1) is 13.2 Å². The molecule has 1 aromatic rings. The highest BCUT2D eigenvalue weighted by molar-refractivity contribution is 5.39. The molecule has 0 spiro atoms. The Morgan fingerprint density at radius 2 is 1.72 bits per heavy atom. The van der Waals surface area contributed by atoms with Crippen LogP contribution in [0.3, 0.4) is 0 Å². The molecule has 0 heterocycles. The van der Waals surface area contributed by atoms with Crippen molar-refractivity contribution < 1.29 is 9.47 Å². The van der Waals surface area contributed by atoms with Gasteiger partial charge >= 0.3 is 0 Å². The lowest BCUT2D eigenvalue weighted by atomic mass is 9.95. The molecule has 1 aromatic carbocycles. The predicted octanol–water partition coefficient (Wildman–Crippen LogP) is 3.10. The van der Waals surface area contributed by atoms with E-state index in [-0.39, 0.29) is 5.41 Å². The first kappa shape index (κ1) is 14.8. The fourth-order valence-corrected chi connectivity index (χ4v) is 1.70. The summed E-state index contributed by atoms with van der Waals surface area (Å²) in [6, 6.07) is 7.85. The fourth-order valence-electron chi connectivity index (χ4n) is 1.70. The predicted molar refractivity (Wildman–Crippen MR) is 75.4 cm³/mol. The van der Waals surface area contributed by atoms with Gasteiger partial charge in [-0.2, -0.15) is 0 Å². The van der Waals surface area contributed by atoms with Gasteiger partial charge in [0, 0.05) is 12.0 Å².